The monoisotopic (exact) mass is 308 g/mol. The largest absolute Gasteiger partial charge is 0.472 e. The van der Waals surface area contributed by atoms with E-state index in [0.717, 1.165) is 0 Å². The van der Waals surface area contributed by atoms with Crippen LogP contribution in [0.2, 0.25) is 0 Å². The van der Waals surface area contributed by atoms with Crippen LogP contribution in [-0.4, -0.2) is 61.1 Å². The number of amides is 1. The van der Waals surface area contributed by atoms with Crippen LogP contribution in [0.3, 0.4) is 0 Å². The second-order valence-electron chi connectivity index (χ2n) is 4.79. The molecule has 0 saturated heterocycles. The number of hydrogen-bond donors (Lipinski definition) is 0. The third-order valence-electron chi connectivity index (χ3n) is 2.85. The number of rotatable bonds is 6. The van der Waals surface area contributed by atoms with E-state index in [1.807, 2.05) is 14.1 Å². The van der Waals surface area contributed by atoms with Gasteiger partial charge in [-0.05, 0) is 18.2 Å². The predicted molar refractivity (Wildman–Crippen MR) is 77.8 cm³/mol. The Morgan fingerprint density at radius 2 is 2.32 bits per heavy atom. The third kappa shape index (κ3) is 3.84. The lowest BCUT2D eigenvalue weighted by Gasteiger charge is -2.28. The number of carbonyl (C=O) groups excluding carboxylic acids is 1. The molecule has 0 aliphatic carbocycles. The molecule has 1 aliphatic heterocycles. The molecule has 0 N–H and O–H groups in total. The van der Waals surface area contributed by atoms with Gasteiger partial charge in [0.2, 0.25) is 0 Å². The molecule has 1 aliphatic rings. The maximum atomic E-state index is 12.3. The summed E-state index contributed by atoms with van der Waals surface area (Å²) in [6.45, 7) is -0.0897. The Labute approximate surface area is 126 Å². The Morgan fingerprint density at radius 3 is 3.00 bits per heavy atom. The molecular formula is C13H16N4O5. The van der Waals surface area contributed by atoms with Gasteiger partial charge in [-0.25, -0.2) is 4.99 Å². The second kappa shape index (κ2) is 6.74. The smallest absolute Gasteiger partial charge is 0.294 e. The number of fused-ring (bicyclic) bond motifs is 1. The van der Waals surface area contributed by atoms with Gasteiger partial charge in [-0.2, -0.15) is 0 Å². The Hall–Kier alpha value is -2.84. The Balaban J connectivity index is 2.10. The molecule has 118 valence electrons. The van der Waals surface area contributed by atoms with Crippen LogP contribution in [0.5, 0.6) is 5.75 Å². The molecule has 1 aromatic carbocycles. The van der Waals surface area contributed by atoms with Gasteiger partial charge in [-0.1, -0.05) is 0 Å². The molecule has 0 bridgehead atoms. The van der Waals surface area contributed by atoms with Crippen molar-refractivity contribution >= 4 is 17.9 Å². The van der Waals surface area contributed by atoms with Crippen LogP contribution in [0.15, 0.2) is 23.2 Å². The lowest BCUT2D eigenvalue weighted by molar-refractivity contribution is -0.757. The van der Waals surface area contributed by atoms with Crippen molar-refractivity contribution in [2.75, 3.05) is 34.0 Å². The van der Waals surface area contributed by atoms with Gasteiger partial charge in [0.15, 0.2) is 6.73 Å². The van der Waals surface area contributed by atoms with Gasteiger partial charge in [-0.15, -0.1) is 10.1 Å². The van der Waals surface area contributed by atoms with Crippen LogP contribution in [0.25, 0.3) is 0 Å². The van der Waals surface area contributed by atoms with E-state index in [9.17, 15) is 14.9 Å². The van der Waals surface area contributed by atoms with Crippen LogP contribution >= 0.6 is 0 Å². The minimum Gasteiger partial charge on any atom is -0.472 e. The predicted octanol–water partition coefficient (Wildman–Crippen LogP) is 0.908. The van der Waals surface area contributed by atoms with Gasteiger partial charge in [0, 0.05) is 20.6 Å². The van der Waals surface area contributed by atoms with Crippen molar-refractivity contribution in [1.82, 2.24) is 9.80 Å². The number of benzene rings is 1. The molecule has 22 heavy (non-hydrogen) atoms. The zero-order chi connectivity index (χ0) is 16.1. The first-order valence-electron chi connectivity index (χ1n) is 6.51. The Morgan fingerprint density at radius 1 is 1.55 bits per heavy atom. The molecule has 9 heteroatoms. The normalized spacial score (nSPS) is 13.7. The summed E-state index contributed by atoms with van der Waals surface area (Å²) in [5, 5.41) is 9.23. The van der Waals surface area contributed by atoms with Crippen molar-refractivity contribution in [3.63, 3.8) is 0 Å². The molecule has 0 radical (unpaired) electrons. The summed E-state index contributed by atoms with van der Waals surface area (Å²) in [4.78, 5) is 34.0. The van der Waals surface area contributed by atoms with Crippen LogP contribution in [-0.2, 0) is 4.84 Å². The fraction of sp³-hybridized carbons (Fsp3) is 0.385. The maximum Gasteiger partial charge on any atom is 0.294 e. The number of ether oxygens (including phenoxy) is 1. The number of aliphatic imine (C=N–C) groups is 1. The molecule has 2 rings (SSSR count). The van der Waals surface area contributed by atoms with Gasteiger partial charge >= 0.3 is 0 Å². The lowest BCUT2D eigenvalue weighted by Crippen LogP contribution is -2.40. The minimum absolute atomic E-state index is 0.0349. The summed E-state index contributed by atoms with van der Waals surface area (Å²) in [7, 11) is 3.68. The summed E-state index contributed by atoms with van der Waals surface area (Å²) in [5.41, 5.74) is 0.994. The van der Waals surface area contributed by atoms with E-state index in [2.05, 4.69) is 9.83 Å². The van der Waals surface area contributed by atoms with E-state index in [1.165, 1.54) is 4.90 Å². The van der Waals surface area contributed by atoms with Crippen LogP contribution in [0.4, 0.5) is 5.69 Å². The van der Waals surface area contributed by atoms with Gasteiger partial charge in [0.1, 0.15) is 12.4 Å². The fourth-order valence-corrected chi connectivity index (χ4v) is 1.84. The maximum absolute atomic E-state index is 12.3. The Kier molecular flexibility index (Phi) is 4.77. The zero-order valence-electron chi connectivity index (χ0n) is 12.3. The van der Waals surface area contributed by atoms with Crippen molar-refractivity contribution in [3.05, 3.63) is 33.9 Å². The van der Waals surface area contributed by atoms with Crippen molar-refractivity contribution in [1.29, 1.82) is 0 Å². The summed E-state index contributed by atoms with van der Waals surface area (Å²) >= 11 is 0. The van der Waals surface area contributed by atoms with Crippen LogP contribution < -0.4 is 4.74 Å². The molecule has 0 atom stereocenters. The molecule has 1 heterocycles. The number of nitrogens with zero attached hydrogens (tertiary/aromatic N) is 4. The first-order chi connectivity index (χ1) is 10.5. The highest BCUT2D eigenvalue weighted by molar-refractivity contribution is 5.98. The molecule has 0 fully saturated rings. The van der Waals surface area contributed by atoms with E-state index < -0.39 is 5.09 Å². The lowest BCUT2D eigenvalue weighted by atomic mass is 10.1. The first kappa shape index (κ1) is 15.5. The van der Waals surface area contributed by atoms with E-state index in [1.54, 1.807) is 29.4 Å². The van der Waals surface area contributed by atoms with E-state index in [4.69, 9.17) is 4.74 Å². The fourth-order valence-electron chi connectivity index (χ4n) is 1.84. The number of carbonyl (C=O) groups is 1. The molecule has 0 spiro atoms. The molecule has 0 unspecified atom stereocenters. The van der Waals surface area contributed by atoms with Crippen molar-refractivity contribution in [2.45, 2.75) is 0 Å². The molecule has 1 aromatic rings. The van der Waals surface area contributed by atoms with E-state index in [0.29, 0.717) is 17.0 Å². The quantitative estimate of drug-likeness (QED) is 0.335. The van der Waals surface area contributed by atoms with Crippen LogP contribution in [0.1, 0.15) is 10.4 Å². The Bertz CT molecular complexity index is 602. The minimum atomic E-state index is -0.892. The zero-order valence-corrected chi connectivity index (χ0v) is 12.3. The highest BCUT2D eigenvalue weighted by Gasteiger charge is 2.25. The SMILES string of the molecule is CN(C)C=Nc1ccc2c(c1)C(=O)N(CCO[N+](=O)[O-])CO2. The molecule has 9 nitrogen and oxygen atoms in total. The highest BCUT2D eigenvalue weighted by Crippen LogP contribution is 2.28. The van der Waals surface area contributed by atoms with Crippen LogP contribution in [0, 0.1) is 10.1 Å². The topological polar surface area (TPSA) is 97.5 Å². The van der Waals surface area contributed by atoms with Gasteiger partial charge in [-0.3, -0.25) is 4.79 Å². The highest BCUT2D eigenvalue weighted by atomic mass is 16.9. The summed E-state index contributed by atoms with van der Waals surface area (Å²) < 4.78 is 5.46. The summed E-state index contributed by atoms with van der Waals surface area (Å²) in [5.74, 6) is 0.204. The third-order valence-corrected chi connectivity index (χ3v) is 2.85. The molecule has 0 aromatic heterocycles. The number of hydrogen-bond acceptors (Lipinski definition) is 6. The molecule has 1 amide bonds. The van der Waals surface area contributed by atoms with E-state index >= 15 is 0 Å². The van der Waals surface area contributed by atoms with Crippen molar-refractivity contribution in [2.24, 2.45) is 4.99 Å². The summed E-state index contributed by atoms with van der Waals surface area (Å²) in [6.07, 6.45) is 1.62. The van der Waals surface area contributed by atoms with E-state index in [-0.39, 0.29) is 25.8 Å². The molecular weight excluding hydrogens is 292 g/mol. The summed E-state index contributed by atoms with van der Waals surface area (Å²) in [6, 6.07) is 5.05. The average Bonchev–Trinajstić information content (AvgIpc) is 2.47. The first-order valence-corrected chi connectivity index (χ1v) is 6.51. The van der Waals surface area contributed by atoms with Gasteiger partial charge in [0.05, 0.1) is 17.6 Å². The standard InChI is InChI=1S/C13H16N4O5/c1-15(2)8-14-10-3-4-12-11(7-10)13(18)16(9-21-12)5-6-22-17(19)20/h3-4,7-8H,5-6,9H2,1-2H3. The van der Waals surface area contributed by atoms with Gasteiger partial charge < -0.3 is 19.4 Å². The van der Waals surface area contributed by atoms with Crippen molar-refractivity contribution < 1.29 is 19.5 Å². The van der Waals surface area contributed by atoms with Crippen molar-refractivity contribution in [3.8, 4) is 5.75 Å². The second-order valence-corrected chi connectivity index (χ2v) is 4.79. The molecule has 0 saturated carbocycles. The van der Waals surface area contributed by atoms with Gasteiger partial charge in [0.25, 0.3) is 11.0 Å². The average molecular weight is 308 g/mol.